The quantitative estimate of drug-likeness (QED) is 0.691. The van der Waals surface area contributed by atoms with Gasteiger partial charge in [-0.15, -0.1) is 0 Å². The minimum atomic E-state index is -0.678. The van der Waals surface area contributed by atoms with Crippen LogP contribution in [0.1, 0.15) is 15.9 Å². The van der Waals surface area contributed by atoms with E-state index < -0.39 is 5.82 Å². The lowest BCUT2D eigenvalue weighted by molar-refractivity contribution is 0.112. The van der Waals surface area contributed by atoms with Crippen LogP contribution in [0.4, 0.5) is 4.39 Å². The molecule has 0 aromatic heterocycles. The van der Waals surface area contributed by atoms with Gasteiger partial charge in [-0.2, -0.15) is 5.26 Å². The third-order valence-corrected chi connectivity index (χ3v) is 2.02. The summed E-state index contributed by atoms with van der Waals surface area (Å²) in [5, 5.41) is 8.41. The molecule has 0 spiro atoms. The number of hydrogen-bond donors (Lipinski definition) is 0. The second kappa shape index (κ2) is 3.46. The summed E-state index contributed by atoms with van der Waals surface area (Å²) in [6.45, 7) is 0. The SMILES string of the molecule is N#Cc1cc(Br)c(C=O)cc1F. The average Bonchev–Trinajstić information content (AvgIpc) is 2.08. The van der Waals surface area contributed by atoms with Crippen molar-refractivity contribution in [1.29, 1.82) is 5.26 Å². The molecule has 0 aliphatic carbocycles. The molecule has 0 N–H and O–H groups in total. The molecule has 1 rings (SSSR count). The fraction of sp³-hybridized carbons (Fsp3) is 0. The number of halogens is 2. The summed E-state index contributed by atoms with van der Waals surface area (Å²) in [5.74, 6) is -0.678. The van der Waals surface area contributed by atoms with Gasteiger partial charge >= 0.3 is 0 Å². The van der Waals surface area contributed by atoms with Crippen LogP contribution in [0.15, 0.2) is 16.6 Å². The number of carbonyl (C=O) groups excluding carboxylic acids is 1. The first-order valence-electron chi connectivity index (χ1n) is 3.03. The van der Waals surface area contributed by atoms with Crippen molar-refractivity contribution in [2.45, 2.75) is 0 Å². The zero-order chi connectivity index (χ0) is 9.14. The highest BCUT2D eigenvalue weighted by molar-refractivity contribution is 9.10. The molecule has 0 radical (unpaired) electrons. The van der Waals surface area contributed by atoms with E-state index in [2.05, 4.69) is 15.9 Å². The van der Waals surface area contributed by atoms with E-state index in [1.165, 1.54) is 6.07 Å². The Labute approximate surface area is 76.7 Å². The molecule has 0 aliphatic rings. The van der Waals surface area contributed by atoms with Crippen molar-refractivity contribution in [3.05, 3.63) is 33.5 Å². The van der Waals surface area contributed by atoms with E-state index in [1.54, 1.807) is 6.07 Å². The second-order valence-electron chi connectivity index (χ2n) is 2.08. The topological polar surface area (TPSA) is 40.9 Å². The Balaban J connectivity index is 3.38. The Morgan fingerprint density at radius 1 is 1.58 bits per heavy atom. The van der Waals surface area contributed by atoms with Gasteiger partial charge in [0.2, 0.25) is 0 Å². The van der Waals surface area contributed by atoms with Crippen molar-refractivity contribution in [2.75, 3.05) is 0 Å². The lowest BCUT2D eigenvalue weighted by Gasteiger charge is -1.97. The molecule has 0 heterocycles. The summed E-state index contributed by atoms with van der Waals surface area (Å²) in [5.41, 5.74) is 0.124. The van der Waals surface area contributed by atoms with Gasteiger partial charge in [-0.25, -0.2) is 4.39 Å². The van der Waals surface area contributed by atoms with Crippen LogP contribution in [0, 0.1) is 17.1 Å². The molecule has 1 aromatic rings. The first kappa shape index (κ1) is 8.88. The largest absolute Gasteiger partial charge is 0.298 e. The fourth-order valence-corrected chi connectivity index (χ4v) is 1.18. The predicted molar refractivity (Wildman–Crippen MR) is 44.2 cm³/mol. The van der Waals surface area contributed by atoms with Crippen molar-refractivity contribution in [2.24, 2.45) is 0 Å². The van der Waals surface area contributed by atoms with Crippen molar-refractivity contribution in [3.63, 3.8) is 0 Å². The van der Waals surface area contributed by atoms with Gasteiger partial charge in [-0.1, -0.05) is 15.9 Å². The molecule has 0 atom stereocenters. The summed E-state index contributed by atoms with van der Waals surface area (Å²) in [6.07, 6.45) is 0.522. The van der Waals surface area contributed by atoms with Crippen LogP contribution < -0.4 is 0 Å². The number of carbonyl (C=O) groups is 1. The molecule has 0 aliphatic heterocycles. The summed E-state index contributed by atoms with van der Waals surface area (Å²) < 4.78 is 13.2. The van der Waals surface area contributed by atoms with Crippen molar-refractivity contribution < 1.29 is 9.18 Å². The fourth-order valence-electron chi connectivity index (χ4n) is 0.738. The summed E-state index contributed by atoms with van der Waals surface area (Å²) in [7, 11) is 0. The predicted octanol–water partition coefficient (Wildman–Crippen LogP) is 2.27. The van der Waals surface area contributed by atoms with Crippen LogP contribution in [0.2, 0.25) is 0 Å². The van der Waals surface area contributed by atoms with Gasteiger partial charge in [-0.3, -0.25) is 4.79 Å². The zero-order valence-corrected chi connectivity index (χ0v) is 7.43. The number of hydrogen-bond acceptors (Lipinski definition) is 2. The van der Waals surface area contributed by atoms with E-state index in [1.807, 2.05) is 0 Å². The van der Waals surface area contributed by atoms with Gasteiger partial charge in [0.05, 0.1) is 5.56 Å². The monoisotopic (exact) mass is 227 g/mol. The molecular weight excluding hydrogens is 225 g/mol. The minimum Gasteiger partial charge on any atom is -0.298 e. The Morgan fingerprint density at radius 3 is 2.75 bits per heavy atom. The molecule has 0 unspecified atom stereocenters. The molecule has 0 bridgehead atoms. The Kier molecular flexibility index (Phi) is 2.56. The standard InChI is InChI=1S/C8H3BrFNO/c9-7-1-5(3-11)8(10)2-6(7)4-12/h1-2,4H. The number of aldehydes is 1. The molecule has 60 valence electrons. The van der Waals surface area contributed by atoms with E-state index >= 15 is 0 Å². The van der Waals surface area contributed by atoms with Gasteiger partial charge < -0.3 is 0 Å². The van der Waals surface area contributed by atoms with Crippen LogP contribution >= 0.6 is 15.9 Å². The third-order valence-electron chi connectivity index (χ3n) is 1.33. The van der Waals surface area contributed by atoms with E-state index in [0.29, 0.717) is 10.8 Å². The molecule has 2 nitrogen and oxygen atoms in total. The van der Waals surface area contributed by atoms with Crippen LogP contribution in [0.25, 0.3) is 0 Å². The molecule has 0 saturated heterocycles. The maximum Gasteiger partial charge on any atom is 0.151 e. The van der Waals surface area contributed by atoms with Crippen LogP contribution in [0.5, 0.6) is 0 Å². The number of rotatable bonds is 1. The average molecular weight is 228 g/mol. The summed E-state index contributed by atoms with van der Waals surface area (Å²) >= 11 is 3.03. The van der Waals surface area contributed by atoms with Crippen molar-refractivity contribution in [3.8, 4) is 6.07 Å². The maximum atomic E-state index is 12.8. The first-order chi connectivity index (χ1) is 5.69. The second-order valence-corrected chi connectivity index (χ2v) is 2.94. The lowest BCUT2D eigenvalue weighted by Crippen LogP contribution is -1.89. The van der Waals surface area contributed by atoms with Crippen LogP contribution in [-0.2, 0) is 0 Å². The third kappa shape index (κ3) is 1.51. The number of benzene rings is 1. The maximum absolute atomic E-state index is 12.8. The normalized spacial score (nSPS) is 9.08. The smallest absolute Gasteiger partial charge is 0.151 e. The van der Waals surface area contributed by atoms with E-state index in [4.69, 9.17) is 5.26 Å². The first-order valence-corrected chi connectivity index (χ1v) is 3.82. The minimum absolute atomic E-state index is 0.0764. The molecular formula is C8H3BrFNO. The van der Waals surface area contributed by atoms with Gasteiger partial charge in [0.25, 0.3) is 0 Å². The lowest BCUT2D eigenvalue weighted by atomic mass is 10.1. The van der Waals surface area contributed by atoms with Gasteiger partial charge in [0.15, 0.2) is 6.29 Å². The van der Waals surface area contributed by atoms with Gasteiger partial charge in [-0.05, 0) is 12.1 Å². The van der Waals surface area contributed by atoms with Gasteiger partial charge in [0.1, 0.15) is 11.9 Å². The van der Waals surface area contributed by atoms with Crippen LogP contribution in [-0.4, -0.2) is 6.29 Å². The Morgan fingerprint density at radius 2 is 2.25 bits per heavy atom. The van der Waals surface area contributed by atoms with Crippen molar-refractivity contribution in [1.82, 2.24) is 0 Å². The molecule has 0 saturated carbocycles. The summed E-state index contributed by atoms with van der Waals surface area (Å²) in [4.78, 5) is 10.3. The zero-order valence-electron chi connectivity index (χ0n) is 5.84. The Hall–Kier alpha value is -1.21. The molecule has 4 heteroatoms. The molecule has 1 aromatic carbocycles. The highest BCUT2D eigenvalue weighted by Crippen LogP contribution is 2.19. The highest BCUT2D eigenvalue weighted by Gasteiger charge is 2.06. The van der Waals surface area contributed by atoms with E-state index in [-0.39, 0.29) is 11.1 Å². The highest BCUT2D eigenvalue weighted by atomic mass is 79.9. The van der Waals surface area contributed by atoms with Gasteiger partial charge in [0, 0.05) is 10.0 Å². The number of nitriles is 1. The number of nitrogens with zero attached hydrogens (tertiary/aromatic N) is 1. The van der Waals surface area contributed by atoms with E-state index in [9.17, 15) is 9.18 Å². The molecule has 12 heavy (non-hydrogen) atoms. The molecule has 0 amide bonds. The van der Waals surface area contributed by atoms with Crippen molar-refractivity contribution >= 4 is 22.2 Å². The Bertz CT molecular complexity index is 370. The summed E-state index contributed by atoms with van der Waals surface area (Å²) in [6, 6.07) is 3.97. The van der Waals surface area contributed by atoms with E-state index in [0.717, 1.165) is 6.07 Å². The molecule has 0 fully saturated rings. The van der Waals surface area contributed by atoms with Crippen LogP contribution in [0.3, 0.4) is 0 Å².